The summed E-state index contributed by atoms with van der Waals surface area (Å²) in [7, 11) is 4.42. The van der Waals surface area contributed by atoms with Crippen LogP contribution in [-0.4, -0.2) is 45.9 Å². The highest BCUT2D eigenvalue weighted by Crippen LogP contribution is 2.40. The van der Waals surface area contributed by atoms with Crippen molar-refractivity contribution in [1.82, 2.24) is 5.32 Å². The molecule has 0 radical (unpaired) electrons. The van der Waals surface area contributed by atoms with Crippen LogP contribution in [0.15, 0.2) is 12.1 Å². The number of nitrogens with one attached hydrogen (secondary N) is 1. The van der Waals surface area contributed by atoms with Crippen LogP contribution < -0.4 is 19.5 Å². The lowest BCUT2D eigenvalue weighted by Gasteiger charge is -2.39. The molecule has 1 N–H and O–H groups in total. The summed E-state index contributed by atoms with van der Waals surface area (Å²) in [5.74, 6) is 0.838. The smallest absolute Gasteiger partial charge is 0.342 e. The fourth-order valence-corrected chi connectivity index (χ4v) is 3.97. The van der Waals surface area contributed by atoms with E-state index in [2.05, 4.69) is 26.1 Å². The number of methoxy groups -OCH3 is 3. The number of carbonyl (C=O) groups excluding carboxylic acids is 2. The van der Waals surface area contributed by atoms with Crippen LogP contribution in [0.4, 0.5) is 0 Å². The van der Waals surface area contributed by atoms with E-state index in [4.69, 9.17) is 18.9 Å². The van der Waals surface area contributed by atoms with E-state index in [1.54, 1.807) is 6.07 Å². The number of ether oxygens (including phenoxy) is 4. The number of amides is 1. The third kappa shape index (κ3) is 5.80. The number of rotatable bonds is 9. The zero-order valence-corrected chi connectivity index (χ0v) is 19.0. The number of hydrogen-bond donors (Lipinski definition) is 1. The van der Waals surface area contributed by atoms with Gasteiger partial charge in [-0.1, -0.05) is 27.2 Å². The Morgan fingerprint density at radius 3 is 2.07 bits per heavy atom. The first-order valence-electron chi connectivity index (χ1n) is 10.5. The second-order valence-electron chi connectivity index (χ2n) is 8.44. The molecule has 0 saturated heterocycles. The molecular formula is C23H35NO6. The molecule has 0 bridgehead atoms. The first-order valence-corrected chi connectivity index (χ1v) is 10.5. The molecule has 7 heteroatoms. The highest BCUT2D eigenvalue weighted by Gasteiger charge is 2.32. The minimum Gasteiger partial charge on any atom is -0.496 e. The van der Waals surface area contributed by atoms with Gasteiger partial charge in [-0.05, 0) is 37.0 Å². The molecular weight excluding hydrogens is 386 g/mol. The normalized spacial score (nSPS) is 19.0. The lowest BCUT2D eigenvalue weighted by atomic mass is 9.69. The maximum atomic E-state index is 12.5. The molecule has 0 unspecified atom stereocenters. The topological polar surface area (TPSA) is 83.1 Å². The van der Waals surface area contributed by atoms with E-state index in [9.17, 15) is 9.59 Å². The van der Waals surface area contributed by atoms with E-state index >= 15 is 0 Å². The van der Waals surface area contributed by atoms with Crippen LogP contribution in [-0.2, 0) is 9.53 Å². The average molecular weight is 422 g/mol. The molecule has 1 aromatic rings. The molecule has 0 aromatic heterocycles. The molecule has 0 spiro atoms. The maximum absolute atomic E-state index is 12.5. The summed E-state index contributed by atoms with van der Waals surface area (Å²) in [5.41, 5.74) is 0.508. The van der Waals surface area contributed by atoms with Gasteiger partial charge < -0.3 is 24.3 Å². The van der Waals surface area contributed by atoms with Gasteiger partial charge in [0.05, 0.1) is 21.3 Å². The molecule has 0 atom stereocenters. The Hall–Kier alpha value is -2.44. The average Bonchev–Trinajstić information content (AvgIpc) is 2.76. The van der Waals surface area contributed by atoms with Crippen molar-refractivity contribution in [3.05, 3.63) is 17.7 Å². The molecule has 0 heterocycles. The molecule has 30 heavy (non-hydrogen) atoms. The van der Waals surface area contributed by atoms with Gasteiger partial charge >= 0.3 is 5.97 Å². The summed E-state index contributed by atoms with van der Waals surface area (Å²) >= 11 is 0. The quantitative estimate of drug-likeness (QED) is 0.607. The van der Waals surface area contributed by atoms with Gasteiger partial charge in [-0.25, -0.2) is 4.79 Å². The summed E-state index contributed by atoms with van der Waals surface area (Å²) in [6.07, 6.45) is 5.28. The molecule has 1 aliphatic carbocycles. The van der Waals surface area contributed by atoms with Gasteiger partial charge in [-0.3, -0.25) is 4.79 Å². The lowest BCUT2D eigenvalue weighted by molar-refractivity contribution is -0.125. The first-order chi connectivity index (χ1) is 14.2. The Kier molecular flexibility index (Phi) is 8.38. The van der Waals surface area contributed by atoms with Crippen LogP contribution in [0, 0.1) is 11.3 Å². The van der Waals surface area contributed by atoms with E-state index in [1.165, 1.54) is 27.4 Å². The summed E-state index contributed by atoms with van der Waals surface area (Å²) in [5, 5.41) is 2.99. The van der Waals surface area contributed by atoms with Crippen LogP contribution in [0.25, 0.3) is 0 Å². The van der Waals surface area contributed by atoms with Crippen LogP contribution in [0.2, 0.25) is 0 Å². The van der Waals surface area contributed by atoms with E-state index < -0.39 is 5.97 Å². The Morgan fingerprint density at radius 1 is 0.967 bits per heavy atom. The van der Waals surface area contributed by atoms with Crippen LogP contribution in [0.3, 0.4) is 0 Å². The molecule has 1 aromatic carbocycles. The molecule has 2 rings (SSSR count). The van der Waals surface area contributed by atoms with Crippen molar-refractivity contribution >= 4 is 11.9 Å². The second-order valence-corrected chi connectivity index (χ2v) is 8.44. The molecule has 1 amide bonds. The zero-order valence-electron chi connectivity index (χ0n) is 19.0. The minimum absolute atomic E-state index is 0.135. The van der Waals surface area contributed by atoms with Gasteiger partial charge in [-0.2, -0.15) is 0 Å². The van der Waals surface area contributed by atoms with Gasteiger partial charge in [0.25, 0.3) is 5.91 Å². The fraction of sp³-hybridized carbons (Fsp3) is 0.652. The van der Waals surface area contributed by atoms with Gasteiger partial charge in [-0.15, -0.1) is 0 Å². The van der Waals surface area contributed by atoms with Gasteiger partial charge in [0, 0.05) is 18.2 Å². The summed E-state index contributed by atoms with van der Waals surface area (Å²) < 4.78 is 20.9. The number of hydrogen-bond acceptors (Lipinski definition) is 6. The van der Waals surface area contributed by atoms with Crippen molar-refractivity contribution in [2.45, 2.75) is 58.9 Å². The van der Waals surface area contributed by atoms with Crippen LogP contribution in [0.5, 0.6) is 17.2 Å². The van der Waals surface area contributed by atoms with E-state index in [0.717, 1.165) is 32.1 Å². The van der Waals surface area contributed by atoms with Crippen molar-refractivity contribution < 1.29 is 28.5 Å². The SMILES string of the molecule is CCC(C)(C)C1CCC(NC(=O)COC(=O)c2cc(OC)c(OC)cc2OC)CC1. The minimum atomic E-state index is -0.656. The highest BCUT2D eigenvalue weighted by molar-refractivity contribution is 5.95. The predicted octanol–water partition coefficient (Wildman–Crippen LogP) is 3.98. The largest absolute Gasteiger partial charge is 0.496 e. The molecule has 1 saturated carbocycles. The summed E-state index contributed by atoms with van der Waals surface area (Å²) in [6, 6.07) is 3.16. The van der Waals surface area contributed by atoms with Crippen molar-refractivity contribution in [1.29, 1.82) is 0 Å². The Morgan fingerprint density at radius 2 is 1.53 bits per heavy atom. The van der Waals surface area contributed by atoms with Crippen molar-refractivity contribution in [3.63, 3.8) is 0 Å². The van der Waals surface area contributed by atoms with E-state index in [0.29, 0.717) is 22.8 Å². The second kappa shape index (κ2) is 10.5. The van der Waals surface area contributed by atoms with Crippen molar-refractivity contribution in [2.24, 2.45) is 11.3 Å². The van der Waals surface area contributed by atoms with E-state index in [1.807, 2.05) is 0 Å². The number of benzene rings is 1. The summed E-state index contributed by atoms with van der Waals surface area (Å²) in [4.78, 5) is 24.8. The standard InChI is InChI=1S/C23H35NO6/c1-7-23(2,3)15-8-10-16(11-9-15)24-21(25)14-30-22(26)17-12-19(28-5)20(29-6)13-18(17)27-4/h12-13,15-16H,7-11,14H2,1-6H3,(H,24,25). The number of carbonyl (C=O) groups is 2. The molecule has 1 aliphatic rings. The molecule has 0 aliphatic heterocycles. The van der Waals surface area contributed by atoms with Crippen LogP contribution >= 0.6 is 0 Å². The first kappa shape index (κ1) is 23.8. The fourth-order valence-electron chi connectivity index (χ4n) is 3.97. The lowest BCUT2D eigenvalue weighted by Crippen LogP contribution is -2.41. The maximum Gasteiger partial charge on any atom is 0.342 e. The third-order valence-corrected chi connectivity index (χ3v) is 6.37. The van der Waals surface area contributed by atoms with Gasteiger partial charge in [0.1, 0.15) is 11.3 Å². The third-order valence-electron chi connectivity index (χ3n) is 6.37. The Labute approximate surface area is 179 Å². The highest BCUT2D eigenvalue weighted by atomic mass is 16.5. The predicted molar refractivity (Wildman–Crippen MR) is 114 cm³/mol. The molecule has 7 nitrogen and oxygen atoms in total. The number of esters is 1. The van der Waals surface area contributed by atoms with Gasteiger partial charge in [0.15, 0.2) is 18.1 Å². The van der Waals surface area contributed by atoms with Crippen molar-refractivity contribution in [3.8, 4) is 17.2 Å². The van der Waals surface area contributed by atoms with Gasteiger partial charge in [0.2, 0.25) is 0 Å². The zero-order chi connectivity index (χ0) is 22.3. The van der Waals surface area contributed by atoms with Crippen LogP contribution in [0.1, 0.15) is 63.2 Å². The Bertz CT molecular complexity index is 737. The molecule has 168 valence electrons. The van der Waals surface area contributed by atoms with E-state index in [-0.39, 0.29) is 29.9 Å². The summed E-state index contributed by atoms with van der Waals surface area (Å²) in [6.45, 7) is 6.53. The van der Waals surface area contributed by atoms with Crippen molar-refractivity contribution in [2.75, 3.05) is 27.9 Å². The monoisotopic (exact) mass is 421 g/mol. The Balaban J connectivity index is 1.89. The molecule has 1 fully saturated rings.